The third-order valence-electron chi connectivity index (χ3n) is 2.18. The lowest BCUT2D eigenvalue weighted by Crippen LogP contribution is -2.49. The van der Waals surface area contributed by atoms with Crippen molar-refractivity contribution < 1.29 is 4.79 Å². The van der Waals surface area contributed by atoms with Crippen LogP contribution in [0, 0.1) is 0 Å². The fraction of sp³-hybridized carbons (Fsp3) is 0.600. The van der Waals surface area contributed by atoms with Crippen LogP contribution in [0.3, 0.4) is 0 Å². The molecule has 1 aromatic heterocycles. The molecule has 0 spiro atoms. The number of hydrogen-bond donors (Lipinski definition) is 2. The van der Waals surface area contributed by atoms with E-state index in [0.717, 1.165) is 5.01 Å². The minimum Gasteiger partial charge on any atom is -0.358 e. The fourth-order valence-corrected chi connectivity index (χ4v) is 2.14. The first kappa shape index (κ1) is 12.1. The Balaban J connectivity index is 2.68. The molecule has 1 atom stereocenters. The molecule has 0 saturated carbocycles. The number of nitrogens with zero attached hydrogens (tertiary/aromatic N) is 1. The maximum absolute atomic E-state index is 11.4. The number of nitrogens with one attached hydrogen (secondary N) is 2. The van der Waals surface area contributed by atoms with Crippen molar-refractivity contribution >= 4 is 17.2 Å². The van der Waals surface area contributed by atoms with Gasteiger partial charge in [0.1, 0.15) is 5.01 Å². The second kappa shape index (κ2) is 4.72. The third-order valence-corrected chi connectivity index (χ3v) is 3.28. The minimum absolute atomic E-state index is 0.0142. The Bertz CT molecular complexity index is 321. The van der Waals surface area contributed by atoms with Crippen LogP contribution in [0.2, 0.25) is 0 Å². The van der Waals surface area contributed by atoms with Crippen LogP contribution in [0.1, 0.15) is 25.8 Å². The maximum Gasteiger partial charge on any atom is 0.236 e. The number of likely N-dealkylation sites (N-methyl/N-ethyl adjacent to an activating group) is 1. The molecule has 1 aromatic rings. The van der Waals surface area contributed by atoms with Gasteiger partial charge in [0.05, 0.1) is 11.6 Å². The van der Waals surface area contributed by atoms with Crippen LogP contribution in [0.5, 0.6) is 0 Å². The average molecular weight is 227 g/mol. The molecule has 84 valence electrons. The van der Waals surface area contributed by atoms with Gasteiger partial charge in [0.2, 0.25) is 5.91 Å². The van der Waals surface area contributed by atoms with Crippen molar-refractivity contribution in [2.24, 2.45) is 0 Å². The summed E-state index contributed by atoms with van der Waals surface area (Å²) in [5, 5.41) is 8.78. The molecule has 0 aromatic carbocycles. The summed E-state index contributed by atoms with van der Waals surface area (Å²) in [7, 11) is 1.64. The molecule has 1 amide bonds. The molecule has 5 heteroatoms. The van der Waals surface area contributed by atoms with Gasteiger partial charge in [-0.15, -0.1) is 11.3 Å². The van der Waals surface area contributed by atoms with Crippen molar-refractivity contribution in [3.05, 3.63) is 16.6 Å². The lowest BCUT2D eigenvalue weighted by Gasteiger charge is -2.27. The van der Waals surface area contributed by atoms with Crippen LogP contribution in [-0.2, 0) is 10.3 Å². The van der Waals surface area contributed by atoms with E-state index < -0.39 is 0 Å². The van der Waals surface area contributed by atoms with Gasteiger partial charge in [-0.05, 0) is 20.8 Å². The zero-order chi connectivity index (χ0) is 11.5. The lowest BCUT2D eigenvalue weighted by molar-refractivity contribution is -0.122. The summed E-state index contributed by atoms with van der Waals surface area (Å²) in [4.78, 5) is 15.6. The second-order valence-corrected chi connectivity index (χ2v) is 4.84. The van der Waals surface area contributed by atoms with Gasteiger partial charge >= 0.3 is 0 Å². The zero-order valence-electron chi connectivity index (χ0n) is 9.50. The van der Waals surface area contributed by atoms with Crippen molar-refractivity contribution in [2.45, 2.75) is 32.4 Å². The summed E-state index contributed by atoms with van der Waals surface area (Å²) < 4.78 is 0. The highest BCUT2D eigenvalue weighted by Crippen LogP contribution is 2.22. The Kier molecular flexibility index (Phi) is 3.82. The van der Waals surface area contributed by atoms with Gasteiger partial charge in [-0.3, -0.25) is 10.1 Å². The molecule has 4 nitrogen and oxygen atoms in total. The Morgan fingerprint density at radius 2 is 2.27 bits per heavy atom. The van der Waals surface area contributed by atoms with Gasteiger partial charge in [-0.25, -0.2) is 4.98 Å². The molecule has 0 aliphatic carbocycles. The molecule has 15 heavy (non-hydrogen) atoms. The Labute approximate surface area is 94.1 Å². The van der Waals surface area contributed by atoms with Crippen LogP contribution < -0.4 is 10.6 Å². The summed E-state index contributed by atoms with van der Waals surface area (Å²) in [5.74, 6) is -0.0142. The van der Waals surface area contributed by atoms with E-state index in [-0.39, 0.29) is 17.5 Å². The van der Waals surface area contributed by atoms with Crippen molar-refractivity contribution in [3.8, 4) is 0 Å². The predicted molar refractivity (Wildman–Crippen MR) is 61.8 cm³/mol. The van der Waals surface area contributed by atoms with Crippen LogP contribution in [-0.4, -0.2) is 24.0 Å². The van der Waals surface area contributed by atoms with Gasteiger partial charge in [-0.1, -0.05) is 0 Å². The summed E-state index contributed by atoms with van der Waals surface area (Å²) in [6.07, 6.45) is 1.77. The molecule has 1 rings (SSSR count). The molecule has 0 radical (unpaired) electrons. The second-order valence-electron chi connectivity index (χ2n) is 3.94. The molecule has 0 fully saturated rings. The largest absolute Gasteiger partial charge is 0.358 e. The van der Waals surface area contributed by atoms with Crippen LogP contribution in [0.25, 0.3) is 0 Å². The van der Waals surface area contributed by atoms with Gasteiger partial charge < -0.3 is 5.32 Å². The molecule has 0 saturated heterocycles. The van der Waals surface area contributed by atoms with Gasteiger partial charge in [0.25, 0.3) is 0 Å². The molecule has 2 N–H and O–H groups in total. The number of rotatable bonds is 4. The van der Waals surface area contributed by atoms with E-state index in [0.29, 0.717) is 0 Å². The SMILES string of the molecule is CNC(=O)C(C)NC(C)(C)c1nccs1. The van der Waals surface area contributed by atoms with E-state index in [1.807, 2.05) is 26.2 Å². The number of carbonyl (C=O) groups is 1. The molecule has 0 bridgehead atoms. The van der Waals surface area contributed by atoms with Crippen LogP contribution in [0.4, 0.5) is 0 Å². The Hall–Kier alpha value is -0.940. The highest BCUT2D eigenvalue weighted by molar-refractivity contribution is 7.09. The number of hydrogen-bond acceptors (Lipinski definition) is 4. The van der Waals surface area contributed by atoms with Crippen molar-refractivity contribution in [1.82, 2.24) is 15.6 Å². The van der Waals surface area contributed by atoms with Gasteiger partial charge in [0.15, 0.2) is 0 Å². The third kappa shape index (κ3) is 3.00. The van der Waals surface area contributed by atoms with Gasteiger partial charge in [0, 0.05) is 18.6 Å². The van der Waals surface area contributed by atoms with E-state index in [2.05, 4.69) is 15.6 Å². The molecule has 1 heterocycles. The van der Waals surface area contributed by atoms with E-state index in [1.54, 1.807) is 24.6 Å². The number of thiazole rings is 1. The topological polar surface area (TPSA) is 54.0 Å². The average Bonchev–Trinajstić information content (AvgIpc) is 2.69. The Morgan fingerprint density at radius 3 is 2.73 bits per heavy atom. The maximum atomic E-state index is 11.4. The fourth-order valence-electron chi connectivity index (χ4n) is 1.42. The first-order chi connectivity index (χ1) is 6.97. The van der Waals surface area contributed by atoms with Crippen molar-refractivity contribution in [3.63, 3.8) is 0 Å². The zero-order valence-corrected chi connectivity index (χ0v) is 10.3. The quantitative estimate of drug-likeness (QED) is 0.810. The highest BCUT2D eigenvalue weighted by atomic mass is 32.1. The van der Waals surface area contributed by atoms with E-state index in [4.69, 9.17) is 0 Å². The first-order valence-corrected chi connectivity index (χ1v) is 5.74. The monoisotopic (exact) mass is 227 g/mol. The first-order valence-electron chi connectivity index (χ1n) is 4.86. The molecule has 1 unspecified atom stereocenters. The number of aromatic nitrogens is 1. The molecule has 0 aliphatic rings. The number of amides is 1. The van der Waals surface area contributed by atoms with E-state index >= 15 is 0 Å². The minimum atomic E-state index is -0.278. The summed E-state index contributed by atoms with van der Waals surface area (Å²) in [5.41, 5.74) is -0.278. The van der Waals surface area contributed by atoms with Crippen LogP contribution in [0.15, 0.2) is 11.6 Å². The lowest BCUT2D eigenvalue weighted by atomic mass is 10.1. The highest BCUT2D eigenvalue weighted by Gasteiger charge is 2.27. The summed E-state index contributed by atoms with van der Waals surface area (Å²) >= 11 is 1.59. The van der Waals surface area contributed by atoms with Gasteiger partial charge in [-0.2, -0.15) is 0 Å². The normalized spacial score (nSPS) is 13.6. The van der Waals surface area contributed by atoms with E-state index in [9.17, 15) is 4.79 Å². The predicted octanol–water partition coefficient (Wildman–Crippen LogP) is 1.10. The molecule has 0 aliphatic heterocycles. The van der Waals surface area contributed by atoms with Crippen molar-refractivity contribution in [1.29, 1.82) is 0 Å². The van der Waals surface area contributed by atoms with Crippen LogP contribution >= 0.6 is 11.3 Å². The standard InChI is InChI=1S/C10H17N3OS/c1-7(8(14)11-4)13-10(2,3)9-12-5-6-15-9/h5-7,13H,1-4H3,(H,11,14). The summed E-state index contributed by atoms with van der Waals surface area (Å²) in [6, 6.07) is -0.228. The van der Waals surface area contributed by atoms with E-state index in [1.165, 1.54) is 0 Å². The number of carbonyl (C=O) groups excluding carboxylic acids is 1. The molecular weight excluding hydrogens is 210 g/mol. The molecular formula is C10H17N3OS. The summed E-state index contributed by atoms with van der Waals surface area (Å²) in [6.45, 7) is 5.88. The van der Waals surface area contributed by atoms with Crippen molar-refractivity contribution in [2.75, 3.05) is 7.05 Å². The smallest absolute Gasteiger partial charge is 0.236 e. The Morgan fingerprint density at radius 1 is 1.60 bits per heavy atom.